The van der Waals surface area contributed by atoms with Crippen molar-refractivity contribution in [3.8, 4) is 0 Å². The van der Waals surface area contributed by atoms with Crippen molar-refractivity contribution in [1.82, 2.24) is 20.4 Å². The van der Waals surface area contributed by atoms with E-state index in [0.29, 0.717) is 26.2 Å². The fourth-order valence-electron chi connectivity index (χ4n) is 3.16. The molecule has 3 aliphatic rings. The van der Waals surface area contributed by atoms with Crippen LogP contribution in [0.1, 0.15) is 12.8 Å². The van der Waals surface area contributed by atoms with E-state index in [1.54, 1.807) is 0 Å². The Balaban J connectivity index is 1.50. The molecule has 0 radical (unpaired) electrons. The second-order valence-corrected chi connectivity index (χ2v) is 5.55. The van der Waals surface area contributed by atoms with Gasteiger partial charge in [0.1, 0.15) is 6.10 Å². The Kier molecular flexibility index (Phi) is 4.07. The number of amides is 3. The zero-order valence-electron chi connectivity index (χ0n) is 11.6. The number of likely N-dealkylation sites (tertiary alicyclic amines) is 1. The van der Waals surface area contributed by atoms with Crippen LogP contribution in [-0.4, -0.2) is 79.8 Å². The van der Waals surface area contributed by atoms with Crippen molar-refractivity contribution in [2.24, 2.45) is 0 Å². The fraction of sp³-hybridized carbons (Fsp3) is 0.846. The number of ether oxygens (including phenoxy) is 1. The van der Waals surface area contributed by atoms with Crippen LogP contribution in [0.25, 0.3) is 0 Å². The van der Waals surface area contributed by atoms with Gasteiger partial charge in [0.15, 0.2) is 0 Å². The smallest absolute Gasteiger partial charge is 0.317 e. The van der Waals surface area contributed by atoms with Gasteiger partial charge in [0.2, 0.25) is 0 Å². The maximum Gasteiger partial charge on any atom is 0.317 e. The summed E-state index contributed by atoms with van der Waals surface area (Å²) in [4.78, 5) is 27.7. The van der Waals surface area contributed by atoms with Gasteiger partial charge < -0.3 is 25.2 Å². The molecular weight excluding hydrogens is 260 g/mol. The molecule has 0 bridgehead atoms. The highest BCUT2D eigenvalue weighted by Gasteiger charge is 2.34. The van der Waals surface area contributed by atoms with Crippen LogP contribution in [-0.2, 0) is 9.53 Å². The zero-order chi connectivity index (χ0) is 13.9. The number of carbonyl (C=O) groups is 2. The summed E-state index contributed by atoms with van der Waals surface area (Å²) < 4.78 is 5.51. The first-order valence-electron chi connectivity index (χ1n) is 7.41. The van der Waals surface area contributed by atoms with Crippen LogP contribution in [0.15, 0.2) is 0 Å². The molecule has 0 saturated carbocycles. The Labute approximate surface area is 118 Å². The summed E-state index contributed by atoms with van der Waals surface area (Å²) >= 11 is 0. The number of morpholine rings is 1. The number of urea groups is 1. The zero-order valence-corrected chi connectivity index (χ0v) is 11.6. The van der Waals surface area contributed by atoms with E-state index >= 15 is 0 Å². The summed E-state index contributed by atoms with van der Waals surface area (Å²) in [5.41, 5.74) is 0. The lowest BCUT2D eigenvalue weighted by atomic mass is 10.0. The molecule has 3 rings (SSSR count). The largest absolute Gasteiger partial charge is 0.366 e. The summed E-state index contributed by atoms with van der Waals surface area (Å²) in [7, 11) is 0. The molecule has 0 spiro atoms. The van der Waals surface area contributed by atoms with Crippen LogP contribution < -0.4 is 10.6 Å². The Morgan fingerprint density at radius 3 is 2.60 bits per heavy atom. The van der Waals surface area contributed by atoms with E-state index in [1.807, 2.05) is 9.80 Å². The van der Waals surface area contributed by atoms with Crippen molar-refractivity contribution in [2.75, 3.05) is 45.9 Å². The molecule has 112 valence electrons. The molecule has 3 saturated heterocycles. The van der Waals surface area contributed by atoms with Crippen LogP contribution in [0.4, 0.5) is 4.79 Å². The highest BCUT2D eigenvalue weighted by molar-refractivity contribution is 5.81. The quantitative estimate of drug-likeness (QED) is 0.681. The van der Waals surface area contributed by atoms with Crippen LogP contribution >= 0.6 is 0 Å². The number of hydrogen-bond acceptors (Lipinski definition) is 4. The van der Waals surface area contributed by atoms with Crippen molar-refractivity contribution in [2.45, 2.75) is 25.0 Å². The van der Waals surface area contributed by atoms with Gasteiger partial charge in [-0.05, 0) is 12.8 Å². The SMILES string of the molecule is O=C(C1CNCCO1)N1CCC(N2CCNC2=O)CC1. The molecule has 7 nitrogen and oxygen atoms in total. The van der Waals surface area contributed by atoms with Gasteiger partial charge in [-0.3, -0.25) is 4.79 Å². The van der Waals surface area contributed by atoms with Crippen LogP contribution in [0.5, 0.6) is 0 Å². The molecule has 3 aliphatic heterocycles. The number of nitrogens with one attached hydrogen (secondary N) is 2. The molecule has 0 aromatic carbocycles. The standard InChI is InChI=1S/C13H22N4O3/c18-12(11-9-14-4-8-20-11)16-5-1-10(2-6-16)17-7-3-15-13(17)19/h10-11,14H,1-9H2,(H,15,19). The molecule has 7 heteroatoms. The lowest BCUT2D eigenvalue weighted by Gasteiger charge is -2.38. The summed E-state index contributed by atoms with van der Waals surface area (Å²) in [6.07, 6.45) is 1.38. The second-order valence-electron chi connectivity index (χ2n) is 5.55. The van der Waals surface area contributed by atoms with Crippen LogP contribution in [0.2, 0.25) is 0 Å². The van der Waals surface area contributed by atoms with Gasteiger partial charge in [-0.15, -0.1) is 0 Å². The number of piperidine rings is 1. The maximum atomic E-state index is 12.3. The van der Waals surface area contributed by atoms with Gasteiger partial charge in [0, 0.05) is 45.3 Å². The van der Waals surface area contributed by atoms with Gasteiger partial charge in [0.25, 0.3) is 5.91 Å². The van der Waals surface area contributed by atoms with Crippen molar-refractivity contribution < 1.29 is 14.3 Å². The molecule has 3 heterocycles. The lowest BCUT2D eigenvalue weighted by Crippen LogP contribution is -2.53. The van der Waals surface area contributed by atoms with Gasteiger partial charge in [-0.2, -0.15) is 0 Å². The molecule has 1 unspecified atom stereocenters. The first-order valence-corrected chi connectivity index (χ1v) is 7.41. The monoisotopic (exact) mass is 282 g/mol. The third kappa shape index (κ3) is 2.73. The number of nitrogens with zero attached hydrogens (tertiary/aromatic N) is 2. The Morgan fingerprint density at radius 1 is 1.20 bits per heavy atom. The van der Waals surface area contributed by atoms with Gasteiger partial charge in [-0.1, -0.05) is 0 Å². The van der Waals surface area contributed by atoms with Crippen molar-refractivity contribution in [3.05, 3.63) is 0 Å². The second kappa shape index (κ2) is 5.97. The number of hydrogen-bond donors (Lipinski definition) is 2. The van der Waals surface area contributed by atoms with E-state index in [2.05, 4.69) is 10.6 Å². The van der Waals surface area contributed by atoms with Crippen molar-refractivity contribution in [3.63, 3.8) is 0 Å². The van der Waals surface area contributed by atoms with Gasteiger partial charge >= 0.3 is 6.03 Å². The first kappa shape index (κ1) is 13.6. The van der Waals surface area contributed by atoms with Crippen molar-refractivity contribution in [1.29, 1.82) is 0 Å². The lowest BCUT2D eigenvalue weighted by molar-refractivity contribution is -0.146. The van der Waals surface area contributed by atoms with E-state index in [4.69, 9.17) is 4.74 Å². The topological polar surface area (TPSA) is 73.9 Å². The van der Waals surface area contributed by atoms with Crippen LogP contribution in [0, 0.1) is 0 Å². The number of rotatable bonds is 2. The highest BCUT2D eigenvalue weighted by Crippen LogP contribution is 2.19. The fourth-order valence-corrected chi connectivity index (χ4v) is 3.16. The summed E-state index contributed by atoms with van der Waals surface area (Å²) in [5, 5.41) is 6.01. The first-order chi connectivity index (χ1) is 9.75. The molecule has 3 fully saturated rings. The minimum atomic E-state index is -0.338. The molecule has 0 aromatic rings. The molecule has 1 atom stereocenters. The van der Waals surface area contributed by atoms with Gasteiger partial charge in [0.05, 0.1) is 6.61 Å². The summed E-state index contributed by atoms with van der Waals surface area (Å²) in [6.45, 7) is 4.97. The van der Waals surface area contributed by atoms with Gasteiger partial charge in [-0.25, -0.2) is 4.79 Å². The Morgan fingerprint density at radius 2 is 2.00 bits per heavy atom. The highest BCUT2D eigenvalue weighted by atomic mass is 16.5. The normalized spacial score (nSPS) is 28.6. The molecule has 20 heavy (non-hydrogen) atoms. The average Bonchev–Trinajstić information content (AvgIpc) is 2.94. The van der Waals surface area contributed by atoms with E-state index in [0.717, 1.165) is 32.5 Å². The minimum Gasteiger partial charge on any atom is -0.366 e. The molecule has 2 N–H and O–H groups in total. The summed E-state index contributed by atoms with van der Waals surface area (Å²) in [6, 6.07) is 0.307. The molecule has 0 aromatic heterocycles. The van der Waals surface area contributed by atoms with E-state index < -0.39 is 0 Å². The minimum absolute atomic E-state index is 0.0367. The third-order valence-electron chi connectivity index (χ3n) is 4.31. The van der Waals surface area contributed by atoms with E-state index in [9.17, 15) is 9.59 Å². The summed E-state index contributed by atoms with van der Waals surface area (Å²) in [5.74, 6) is 0.0847. The average molecular weight is 282 g/mol. The van der Waals surface area contributed by atoms with E-state index in [1.165, 1.54) is 0 Å². The maximum absolute atomic E-state index is 12.3. The number of carbonyl (C=O) groups excluding carboxylic acids is 2. The predicted octanol–water partition coefficient (Wildman–Crippen LogP) is -1.01. The Hall–Kier alpha value is -1.34. The molecular formula is C13H22N4O3. The molecule has 0 aliphatic carbocycles. The van der Waals surface area contributed by atoms with Crippen molar-refractivity contribution >= 4 is 11.9 Å². The molecule has 3 amide bonds. The predicted molar refractivity (Wildman–Crippen MR) is 72.3 cm³/mol. The third-order valence-corrected chi connectivity index (χ3v) is 4.31. The van der Waals surface area contributed by atoms with Crippen LogP contribution in [0.3, 0.4) is 0 Å². The Bertz CT molecular complexity index is 376. The van der Waals surface area contributed by atoms with E-state index in [-0.39, 0.29) is 24.1 Å².